The van der Waals surface area contributed by atoms with Crippen molar-refractivity contribution in [3.63, 3.8) is 0 Å². The SMILES string of the molecule is CNC1CCCc2c1ccc(=O)n2CCCCOC. The number of rotatable bonds is 6. The first kappa shape index (κ1) is 14.3. The van der Waals surface area contributed by atoms with Crippen LogP contribution in [0, 0.1) is 0 Å². The maximum atomic E-state index is 12.1. The molecule has 1 aliphatic rings. The number of nitrogens with one attached hydrogen (secondary N) is 1. The van der Waals surface area contributed by atoms with Crippen LogP contribution in [0.25, 0.3) is 0 Å². The van der Waals surface area contributed by atoms with Crippen LogP contribution < -0.4 is 10.9 Å². The predicted octanol–water partition coefficient (Wildman–Crippen LogP) is 1.87. The zero-order chi connectivity index (χ0) is 13.7. The van der Waals surface area contributed by atoms with Crippen LogP contribution in [-0.2, 0) is 17.7 Å². The van der Waals surface area contributed by atoms with Gasteiger partial charge in [-0.25, -0.2) is 0 Å². The molecule has 0 bridgehead atoms. The highest BCUT2D eigenvalue weighted by atomic mass is 16.5. The molecule has 4 heteroatoms. The van der Waals surface area contributed by atoms with E-state index < -0.39 is 0 Å². The van der Waals surface area contributed by atoms with Gasteiger partial charge in [0.15, 0.2) is 0 Å². The second kappa shape index (κ2) is 6.87. The smallest absolute Gasteiger partial charge is 0.250 e. The van der Waals surface area contributed by atoms with Gasteiger partial charge in [0, 0.05) is 38.1 Å². The van der Waals surface area contributed by atoms with E-state index in [1.807, 2.05) is 17.7 Å². The molecule has 0 radical (unpaired) electrons. The first-order valence-corrected chi connectivity index (χ1v) is 7.16. The Bertz CT molecular complexity index is 468. The maximum absolute atomic E-state index is 12.1. The van der Waals surface area contributed by atoms with Crippen LogP contribution >= 0.6 is 0 Å². The summed E-state index contributed by atoms with van der Waals surface area (Å²) in [5.74, 6) is 0. The molecule has 106 valence electrons. The number of hydrogen-bond donors (Lipinski definition) is 1. The molecule has 1 unspecified atom stereocenters. The van der Waals surface area contributed by atoms with Crippen LogP contribution in [0.5, 0.6) is 0 Å². The minimum Gasteiger partial charge on any atom is -0.385 e. The summed E-state index contributed by atoms with van der Waals surface area (Å²) in [6.45, 7) is 1.57. The zero-order valence-corrected chi connectivity index (χ0v) is 11.9. The molecule has 1 N–H and O–H groups in total. The summed E-state index contributed by atoms with van der Waals surface area (Å²) in [5.41, 5.74) is 2.67. The summed E-state index contributed by atoms with van der Waals surface area (Å²) in [5, 5.41) is 3.35. The molecule has 1 aromatic heterocycles. The first-order valence-electron chi connectivity index (χ1n) is 7.16. The van der Waals surface area contributed by atoms with Gasteiger partial charge in [0.2, 0.25) is 0 Å². The number of ether oxygens (including phenoxy) is 1. The van der Waals surface area contributed by atoms with Crippen LogP contribution in [0.4, 0.5) is 0 Å². The normalized spacial score (nSPS) is 18.3. The average molecular weight is 264 g/mol. The fraction of sp³-hybridized carbons (Fsp3) is 0.667. The van der Waals surface area contributed by atoms with E-state index in [-0.39, 0.29) is 5.56 Å². The predicted molar refractivity (Wildman–Crippen MR) is 76.6 cm³/mol. The van der Waals surface area contributed by atoms with Gasteiger partial charge in [-0.15, -0.1) is 0 Å². The second-order valence-corrected chi connectivity index (χ2v) is 5.16. The van der Waals surface area contributed by atoms with Crippen molar-refractivity contribution in [1.29, 1.82) is 0 Å². The van der Waals surface area contributed by atoms with Crippen molar-refractivity contribution in [1.82, 2.24) is 9.88 Å². The molecule has 1 heterocycles. The molecule has 0 saturated heterocycles. The third-order valence-corrected chi connectivity index (χ3v) is 3.94. The highest BCUT2D eigenvalue weighted by Gasteiger charge is 2.21. The maximum Gasteiger partial charge on any atom is 0.250 e. The van der Waals surface area contributed by atoms with E-state index in [2.05, 4.69) is 5.32 Å². The molecule has 0 aliphatic heterocycles. The Hall–Kier alpha value is -1.13. The Kier molecular flexibility index (Phi) is 5.16. The lowest BCUT2D eigenvalue weighted by Gasteiger charge is -2.27. The third-order valence-electron chi connectivity index (χ3n) is 3.94. The highest BCUT2D eigenvalue weighted by Crippen LogP contribution is 2.28. The summed E-state index contributed by atoms with van der Waals surface area (Å²) in [7, 11) is 3.71. The minimum absolute atomic E-state index is 0.132. The summed E-state index contributed by atoms with van der Waals surface area (Å²) >= 11 is 0. The van der Waals surface area contributed by atoms with Gasteiger partial charge in [0.25, 0.3) is 5.56 Å². The zero-order valence-electron chi connectivity index (χ0n) is 11.9. The Morgan fingerprint density at radius 2 is 2.26 bits per heavy atom. The van der Waals surface area contributed by atoms with E-state index in [4.69, 9.17) is 4.74 Å². The first-order chi connectivity index (χ1) is 9.27. The van der Waals surface area contributed by atoms with Crippen molar-refractivity contribution in [3.05, 3.63) is 33.7 Å². The summed E-state index contributed by atoms with van der Waals surface area (Å²) in [4.78, 5) is 12.1. The number of pyridine rings is 1. The Balaban J connectivity index is 2.20. The lowest BCUT2D eigenvalue weighted by Crippen LogP contribution is -2.30. The molecule has 1 aromatic rings. The second-order valence-electron chi connectivity index (χ2n) is 5.16. The number of fused-ring (bicyclic) bond motifs is 1. The van der Waals surface area contributed by atoms with Gasteiger partial charge in [0.05, 0.1) is 0 Å². The van der Waals surface area contributed by atoms with Crippen molar-refractivity contribution >= 4 is 0 Å². The Morgan fingerprint density at radius 1 is 1.42 bits per heavy atom. The van der Waals surface area contributed by atoms with E-state index in [1.165, 1.54) is 11.3 Å². The molecular formula is C15H24N2O2. The van der Waals surface area contributed by atoms with Gasteiger partial charge in [-0.05, 0) is 44.7 Å². The quantitative estimate of drug-likeness (QED) is 0.798. The Labute approximate surface area is 114 Å². The van der Waals surface area contributed by atoms with Crippen LogP contribution in [-0.4, -0.2) is 25.3 Å². The Morgan fingerprint density at radius 3 is 3.00 bits per heavy atom. The van der Waals surface area contributed by atoms with Crippen LogP contribution in [0.3, 0.4) is 0 Å². The van der Waals surface area contributed by atoms with Gasteiger partial charge in [-0.3, -0.25) is 4.79 Å². The fourth-order valence-electron chi connectivity index (χ4n) is 2.92. The number of methoxy groups -OCH3 is 1. The van der Waals surface area contributed by atoms with E-state index >= 15 is 0 Å². The van der Waals surface area contributed by atoms with E-state index in [0.717, 1.165) is 45.3 Å². The lowest BCUT2D eigenvalue weighted by molar-refractivity contribution is 0.191. The third kappa shape index (κ3) is 3.25. The summed E-state index contributed by atoms with van der Waals surface area (Å²) in [6, 6.07) is 4.11. The van der Waals surface area contributed by atoms with Crippen molar-refractivity contribution < 1.29 is 4.74 Å². The molecule has 0 fully saturated rings. The van der Waals surface area contributed by atoms with E-state index in [1.54, 1.807) is 13.2 Å². The van der Waals surface area contributed by atoms with Gasteiger partial charge in [0.1, 0.15) is 0 Å². The van der Waals surface area contributed by atoms with Crippen molar-refractivity contribution in [2.75, 3.05) is 20.8 Å². The monoisotopic (exact) mass is 264 g/mol. The largest absolute Gasteiger partial charge is 0.385 e. The minimum atomic E-state index is 0.132. The van der Waals surface area contributed by atoms with Gasteiger partial charge in [-0.2, -0.15) is 0 Å². The lowest BCUT2D eigenvalue weighted by atomic mass is 9.91. The molecular weight excluding hydrogens is 240 g/mol. The topological polar surface area (TPSA) is 43.3 Å². The summed E-state index contributed by atoms with van der Waals surface area (Å²) in [6.07, 6.45) is 5.33. The van der Waals surface area contributed by atoms with Gasteiger partial charge < -0.3 is 14.6 Å². The molecule has 0 aromatic carbocycles. The highest BCUT2D eigenvalue weighted by molar-refractivity contribution is 5.27. The van der Waals surface area contributed by atoms with Crippen LogP contribution in [0.15, 0.2) is 16.9 Å². The molecule has 0 spiro atoms. The number of unbranched alkanes of at least 4 members (excludes halogenated alkanes) is 1. The van der Waals surface area contributed by atoms with Crippen LogP contribution in [0.1, 0.15) is 43.0 Å². The molecule has 1 aliphatic carbocycles. The van der Waals surface area contributed by atoms with Crippen molar-refractivity contribution in [2.45, 2.75) is 44.7 Å². The van der Waals surface area contributed by atoms with Crippen LogP contribution in [0.2, 0.25) is 0 Å². The van der Waals surface area contributed by atoms with Crippen molar-refractivity contribution in [2.24, 2.45) is 0 Å². The molecule has 19 heavy (non-hydrogen) atoms. The van der Waals surface area contributed by atoms with Gasteiger partial charge >= 0.3 is 0 Å². The number of nitrogens with zero attached hydrogens (tertiary/aromatic N) is 1. The number of hydrogen-bond acceptors (Lipinski definition) is 3. The van der Waals surface area contributed by atoms with E-state index in [0.29, 0.717) is 6.04 Å². The molecule has 0 amide bonds. The van der Waals surface area contributed by atoms with Gasteiger partial charge in [-0.1, -0.05) is 6.07 Å². The van der Waals surface area contributed by atoms with E-state index in [9.17, 15) is 4.79 Å². The number of aromatic nitrogens is 1. The van der Waals surface area contributed by atoms with Crippen molar-refractivity contribution in [3.8, 4) is 0 Å². The molecule has 2 rings (SSSR count). The average Bonchev–Trinajstić information content (AvgIpc) is 2.44. The summed E-state index contributed by atoms with van der Waals surface area (Å²) < 4.78 is 7.03. The molecule has 1 atom stereocenters. The molecule has 4 nitrogen and oxygen atoms in total. The molecule has 0 saturated carbocycles. The standard InChI is InChI=1S/C15H24N2O2/c1-16-13-6-5-7-14-12(13)8-9-15(18)17(14)10-3-4-11-19-2/h8-9,13,16H,3-7,10-11H2,1-2H3. The fourth-order valence-corrected chi connectivity index (χ4v) is 2.92.